The average molecular weight is 384 g/mol. The number of hydrogen-bond acceptors (Lipinski definition) is 2. The molecule has 0 aliphatic carbocycles. The molecule has 0 saturated carbocycles. The van der Waals surface area contributed by atoms with Crippen LogP contribution in [-0.2, 0) is 22.6 Å². The Kier molecular flexibility index (Phi) is 8.66. The Bertz CT molecular complexity index is 764. The molecule has 1 N–H and O–H groups in total. The van der Waals surface area contributed by atoms with Crippen molar-refractivity contribution in [1.82, 2.24) is 10.2 Å². The van der Waals surface area contributed by atoms with Crippen LogP contribution in [0.3, 0.4) is 0 Å². The Morgan fingerprint density at radius 2 is 1.75 bits per heavy atom. The van der Waals surface area contributed by atoms with E-state index in [0.29, 0.717) is 18.5 Å². The zero-order valence-electron chi connectivity index (χ0n) is 16.7. The maximum absolute atomic E-state index is 14.1. The first kappa shape index (κ1) is 21.6. The number of unbranched alkanes of at least 4 members (excludes halogenated alkanes) is 1. The number of rotatable bonds is 10. The number of amides is 2. The predicted molar refractivity (Wildman–Crippen MR) is 109 cm³/mol. The lowest BCUT2D eigenvalue weighted by Crippen LogP contribution is -2.48. The fraction of sp³-hybridized carbons (Fsp3) is 0.391. The molecule has 0 aliphatic rings. The molecule has 0 unspecified atom stereocenters. The summed E-state index contributed by atoms with van der Waals surface area (Å²) in [5, 5.41) is 2.87. The number of nitrogens with zero attached hydrogens (tertiary/aromatic N) is 1. The summed E-state index contributed by atoms with van der Waals surface area (Å²) in [4.78, 5) is 26.9. The van der Waals surface area contributed by atoms with Crippen LogP contribution < -0.4 is 5.32 Å². The molecule has 0 spiro atoms. The summed E-state index contributed by atoms with van der Waals surface area (Å²) in [6, 6.07) is 15.4. The third-order valence-corrected chi connectivity index (χ3v) is 4.77. The van der Waals surface area contributed by atoms with Crippen molar-refractivity contribution in [1.29, 1.82) is 0 Å². The molecule has 2 rings (SSSR count). The SMILES string of the molecule is CCCCNC(=O)[C@H](C)N(Cc1ccccc1F)C(=O)CCc1ccccc1. The molecule has 2 amide bonds. The second-order valence-corrected chi connectivity index (χ2v) is 6.92. The Morgan fingerprint density at radius 1 is 1.07 bits per heavy atom. The second-order valence-electron chi connectivity index (χ2n) is 6.92. The number of hydrogen-bond donors (Lipinski definition) is 1. The molecule has 0 heterocycles. The fourth-order valence-electron chi connectivity index (χ4n) is 2.97. The van der Waals surface area contributed by atoms with Crippen molar-refractivity contribution in [3.8, 4) is 0 Å². The molecule has 2 aromatic rings. The first-order valence-electron chi connectivity index (χ1n) is 9.87. The van der Waals surface area contributed by atoms with Crippen LogP contribution >= 0.6 is 0 Å². The van der Waals surface area contributed by atoms with E-state index < -0.39 is 6.04 Å². The number of aryl methyl sites for hydroxylation is 1. The summed E-state index contributed by atoms with van der Waals surface area (Å²) >= 11 is 0. The largest absolute Gasteiger partial charge is 0.354 e. The van der Waals surface area contributed by atoms with Crippen LogP contribution in [0.15, 0.2) is 54.6 Å². The molecular weight excluding hydrogens is 355 g/mol. The van der Waals surface area contributed by atoms with Crippen molar-refractivity contribution in [2.45, 2.75) is 52.1 Å². The molecule has 0 bridgehead atoms. The highest BCUT2D eigenvalue weighted by atomic mass is 19.1. The predicted octanol–water partition coefficient (Wildman–Crippen LogP) is 4.09. The zero-order chi connectivity index (χ0) is 20.4. The van der Waals surface area contributed by atoms with E-state index in [9.17, 15) is 14.0 Å². The molecular formula is C23H29FN2O2. The van der Waals surface area contributed by atoms with Gasteiger partial charge in [0.1, 0.15) is 11.9 Å². The van der Waals surface area contributed by atoms with Gasteiger partial charge in [-0.25, -0.2) is 4.39 Å². The first-order valence-corrected chi connectivity index (χ1v) is 9.87. The van der Waals surface area contributed by atoms with E-state index in [1.54, 1.807) is 25.1 Å². The second kappa shape index (κ2) is 11.2. The standard InChI is InChI=1S/C23H29FN2O2/c1-3-4-16-25-23(28)18(2)26(17-20-12-8-9-13-21(20)24)22(27)15-14-19-10-6-5-7-11-19/h5-13,18H,3-4,14-17H2,1-2H3,(H,25,28)/t18-/m0/s1. The summed E-state index contributed by atoms with van der Waals surface area (Å²) in [5.41, 5.74) is 1.46. The van der Waals surface area contributed by atoms with Gasteiger partial charge >= 0.3 is 0 Å². The number of nitrogens with one attached hydrogen (secondary N) is 1. The Balaban J connectivity index is 2.11. The maximum Gasteiger partial charge on any atom is 0.242 e. The van der Waals surface area contributed by atoms with E-state index in [1.807, 2.05) is 37.3 Å². The minimum atomic E-state index is -0.667. The fourth-order valence-corrected chi connectivity index (χ4v) is 2.97. The van der Waals surface area contributed by atoms with Gasteiger partial charge in [-0.1, -0.05) is 61.9 Å². The van der Waals surface area contributed by atoms with E-state index in [2.05, 4.69) is 5.32 Å². The number of carbonyl (C=O) groups is 2. The minimum Gasteiger partial charge on any atom is -0.354 e. The van der Waals surface area contributed by atoms with E-state index in [0.717, 1.165) is 18.4 Å². The van der Waals surface area contributed by atoms with Crippen molar-refractivity contribution in [2.24, 2.45) is 0 Å². The van der Waals surface area contributed by atoms with Crippen molar-refractivity contribution in [2.75, 3.05) is 6.54 Å². The van der Waals surface area contributed by atoms with Crippen LogP contribution in [0.1, 0.15) is 44.2 Å². The molecule has 0 fully saturated rings. The van der Waals surface area contributed by atoms with Crippen LogP contribution in [0, 0.1) is 5.82 Å². The lowest BCUT2D eigenvalue weighted by molar-refractivity contribution is -0.140. The molecule has 0 radical (unpaired) electrons. The van der Waals surface area contributed by atoms with Crippen molar-refractivity contribution < 1.29 is 14.0 Å². The quantitative estimate of drug-likeness (QED) is 0.627. The Labute approximate surface area is 166 Å². The topological polar surface area (TPSA) is 49.4 Å². The Morgan fingerprint density at radius 3 is 2.43 bits per heavy atom. The number of halogens is 1. The summed E-state index contributed by atoms with van der Waals surface area (Å²) in [6.45, 7) is 4.39. The molecule has 1 atom stereocenters. The third-order valence-electron chi connectivity index (χ3n) is 4.77. The van der Waals surface area contributed by atoms with Gasteiger partial charge in [0.2, 0.25) is 11.8 Å². The molecule has 0 saturated heterocycles. The zero-order valence-corrected chi connectivity index (χ0v) is 16.7. The lowest BCUT2D eigenvalue weighted by atomic mass is 10.1. The van der Waals surface area contributed by atoms with Crippen LogP contribution in [0.5, 0.6) is 0 Å². The van der Waals surface area contributed by atoms with Gasteiger partial charge in [0.15, 0.2) is 0 Å². The summed E-state index contributed by atoms with van der Waals surface area (Å²) in [7, 11) is 0. The van der Waals surface area contributed by atoms with E-state index in [1.165, 1.54) is 11.0 Å². The van der Waals surface area contributed by atoms with Gasteiger partial charge in [0.25, 0.3) is 0 Å². The first-order chi connectivity index (χ1) is 13.5. The highest BCUT2D eigenvalue weighted by Crippen LogP contribution is 2.15. The summed E-state index contributed by atoms with van der Waals surface area (Å²) in [5.74, 6) is -0.745. The monoisotopic (exact) mass is 384 g/mol. The molecule has 2 aromatic carbocycles. The highest BCUT2D eigenvalue weighted by molar-refractivity contribution is 5.87. The Hall–Kier alpha value is -2.69. The maximum atomic E-state index is 14.1. The van der Waals surface area contributed by atoms with E-state index >= 15 is 0 Å². The number of benzene rings is 2. The lowest BCUT2D eigenvalue weighted by Gasteiger charge is -2.29. The van der Waals surface area contributed by atoms with E-state index in [4.69, 9.17) is 0 Å². The highest BCUT2D eigenvalue weighted by Gasteiger charge is 2.26. The van der Waals surface area contributed by atoms with E-state index in [-0.39, 0.29) is 30.6 Å². The van der Waals surface area contributed by atoms with Crippen LogP contribution in [0.4, 0.5) is 4.39 Å². The van der Waals surface area contributed by atoms with Crippen molar-refractivity contribution >= 4 is 11.8 Å². The molecule has 4 nitrogen and oxygen atoms in total. The summed E-state index contributed by atoms with van der Waals surface area (Å²) < 4.78 is 14.1. The van der Waals surface area contributed by atoms with Gasteiger partial charge in [-0.2, -0.15) is 0 Å². The number of carbonyl (C=O) groups excluding carboxylic acids is 2. The minimum absolute atomic E-state index is 0.0721. The van der Waals surface area contributed by atoms with Crippen LogP contribution in [0.2, 0.25) is 0 Å². The normalized spacial score (nSPS) is 11.7. The molecule has 5 heteroatoms. The van der Waals surface area contributed by atoms with Crippen LogP contribution in [-0.4, -0.2) is 29.3 Å². The molecule has 28 heavy (non-hydrogen) atoms. The van der Waals surface area contributed by atoms with Gasteiger partial charge in [0, 0.05) is 25.1 Å². The smallest absolute Gasteiger partial charge is 0.242 e. The van der Waals surface area contributed by atoms with Crippen molar-refractivity contribution in [3.63, 3.8) is 0 Å². The van der Waals surface area contributed by atoms with Gasteiger partial charge < -0.3 is 10.2 Å². The van der Waals surface area contributed by atoms with Gasteiger partial charge in [0.05, 0.1) is 0 Å². The third kappa shape index (κ3) is 6.48. The molecule has 0 aromatic heterocycles. The van der Waals surface area contributed by atoms with Gasteiger partial charge in [-0.05, 0) is 31.4 Å². The molecule has 0 aliphatic heterocycles. The summed E-state index contributed by atoms with van der Waals surface area (Å²) in [6.07, 6.45) is 2.71. The van der Waals surface area contributed by atoms with Gasteiger partial charge in [-0.3, -0.25) is 9.59 Å². The van der Waals surface area contributed by atoms with Crippen LogP contribution in [0.25, 0.3) is 0 Å². The molecule has 150 valence electrons. The average Bonchev–Trinajstić information content (AvgIpc) is 2.71. The van der Waals surface area contributed by atoms with Crippen molar-refractivity contribution in [3.05, 3.63) is 71.5 Å². The van der Waals surface area contributed by atoms with Gasteiger partial charge in [-0.15, -0.1) is 0 Å².